The second-order valence-corrected chi connectivity index (χ2v) is 8.48. The van der Waals surface area contributed by atoms with E-state index in [1.54, 1.807) is 17.0 Å². The molecule has 3 aliphatic rings. The summed E-state index contributed by atoms with van der Waals surface area (Å²) in [5.41, 5.74) is -0.415. The van der Waals surface area contributed by atoms with Gasteiger partial charge in [-0.3, -0.25) is 14.8 Å². The lowest BCUT2D eigenvalue weighted by molar-refractivity contribution is -0.137. The van der Waals surface area contributed by atoms with Gasteiger partial charge in [0, 0.05) is 36.8 Å². The predicted molar refractivity (Wildman–Crippen MR) is 113 cm³/mol. The number of carbonyl (C=O) groups is 1. The Hall–Kier alpha value is -3.56. The molecule has 0 aromatic carbocycles. The molecule has 1 aliphatic carbocycles. The van der Waals surface area contributed by atoms with E-state index in [4.69, 9.17) is 4.74 Å². The number of fused-ring (bicyclic) bond motifs is 3. The van der Waals surface area contributed by atoms with E-state index in [9.17, 15) is 22.4 Å². The fraction of sp³-hybridized carbons (Fsp3) is 0.333. The summed E-state index contributed by atoms with van der Waals surface area (Å²) in [4.78, 5) is 27.4. The quantitative estimate of drug-likeness (QED) is 0.512. The first-order valence-corrected chi connectivity index (χ1v) is 10.9. The summed E-state index contributed by atoms with van der Waals surface area (Å²) in [6.07, 6.45) is 1.03. The van der Waals surface area contributed by atoms with E-state index in [0.717, 1.165) is 18.7 Å². The monoisotopic (exact) mass is 472 g/mol. The zero-order valence-corrected chi connectivity index (χ0v) is 17.9. The van der Waals surface area contributed by atoms with E-state index in [-0.39, 0.29) is 35.1 Å². The molecule has 3 fully saturated rings. The lowest BCUT2D eigenvalue weighted by atomic mass is 9.77. The van der Waals surface area contributed by atoms with Gasteiger partial charge in [-0.2, -0.15) is 13.2 Å². The van der Waals surface area contributed by atoms with Crippen LogP contribution in [0.15, 0.2) is 55.0 Å². The molecule has 2 bridgehead atoms. The Kier molecular flexibility index (Phi) is 5.66. The van der Waals surface area contributed by atoms with Crippen LogP contribution in [0.3, 0.4) is 0 Å². The van der Waals surface area contributed by atoms with Gasteiger partial charge in [0.1, 0.15) is 23.3 Å². The second kappa shape index (κ2) is 8.66. The fourth-order valence-electron chi connectivity index (χ4n) is 4.75. The number of alkyl halides is 3. The maximum Gasteiger partial charge on any atom is 0.417 e. The molecule has 3 aromatic heterocycles. The van der Waals surface area contributed by atoms with Crippen LogP contribution >= 0.6 is 0 Å². The SMILES string of the molecule is O=C(c1ncccc1-c1ncccc1F)N1C[C@@H]2CC[C@H]1[C@H](Oc1ccc(C(F)(F)F)cn1)C2. The van der Waals surface area contributed by atoms with Crippen molar-refractivity contribution in [3.63, 3.8) is 0 Å². The number of aromatic nitrogens is 3. The lowest BCUT2D eigenvalue weighted by Gasteiger charge is -2.49. The third kappa shape index (κ3) is 4.20. The molecular weight excluding hydrogens is 452 g/mol. The number of hydrogen-bond acceptors (Lipinski definition) is 5. The summed E-state index contributed by atoms with van der Waals surface area (Å²) >= 11 is 0. The molecule has 3 atom stereocenters. The molecule has 0 spiro atoms. The van der Waals surface area contributed by atoms with Crippen molar-refractivity contribution in [2.45, 2.75) is 37.6 Å². The molecule has 0 radical (unpaired) electrons. The Morgan fingerprint density at radius 1 is 1.03 bits per heavy atom. The van der Waals surface area contributed by atoms with Crippen LogP contribution in [-0.4, -0.2) is 44.4 Å². The van der Waals surface area contributed by atoms with E-state index in [1.807, 2.05) is 0 Å². The number of ether oxygens (including phenoxy) is 1. The van der Waals surface area contributed by atoms with Crippen LogP contribution in [0.25, 0.3) is 11.3 Å². The number of piperidine rings is 2. The number of halogens is 4. The Labute approximate surface area is 192 Å². The first-order chi connectivity index (χ1) is 16.3. The second-order valence-electron chi connectivity index (χ2n) is 8.48. The fourth-order valence-corrected chi connectivity index (χ4v) is 4.75. The van der Waals surface area contributed by atoms with Gasteiger partial charge in [0.25, 0.3) is 5.91 Å². The molecule has 6 rings (SSSR count). The Morgan fingerprint density at radius 3 is 2.53 bits per heavy atom. The summed E-state index contributed by atoms with van der Waals surface area (Å²) in [5.74, 6) is -0.664. The van der Waals surface area contributed by atoms with E-state index in [1.165, 1.54) is 30.6 Å². The van der Waals surface area contributed by atoms with Gasteiger partial charge in [-0.25, -0.2) is 9.37 Å². The number of pyridine rings is 3. The smallest absolute Gasteiger partial charge is 0.417 e. The van der Waals surface area contributed by atoms with Gasteiger partial charge in [0.2, 0.25) is 5.88 Å². The lowest BCUT2D eigenvalue weighted by Crippen LogP contribution is -2.59. The highest BCUT2D eigenvalue weighted by molar-refractivity contribution is 5.98. The molecule has 6 nitrogen and oxygen atoms in total. The summed E-state index contributed by atoms with van der Waals surface area (Å²) in [6.45, 7) is 0.504. The minimum atomic E-state index is -4.48. The van der Waals surface area contributed by atoms with Crippen molar-refractivity contribution in [2.24, 2.45) is 5.92 Å². The van der Waals surface area contributed by atoms with Gasteiger partial charge >= 0.3 is 6.18 Å². The summed E-state index contributed by atoms with van der Waals surface area (Å²) < 4.78 is 58.8. The van der Waals surface area contributed by atoms with E-state index in [0.29, 0.717) is 24.9 Å². The molecule has 176 valence electrons. The highest BCUT2D eigenvalue weighted by Crippen LogP contribution is 2.39. The minimum absolute atomic E-state index is 0.0443. The molecule has 0 unspecified atom stereocenters. The highest BCUT2D eigenvalue weighted by atomic mass is 19.4. The molecule has 5 heterocycles. The van der Waals surface area contributed by atoms with Crippen LogP contribution in [0.5, 0.6) is 5.88 Å². The maximum absolute atomic E-state index is 14.4. The molecule has 1 amide bonds. The largest absolute Gasteiger partial charge is 0.472 e. The summed E-state index contributed by atoms with van der Waals surface area (Å²) in [7, 11) is 0. The zero-order chi connectivity index (χ0) is 23.9. The number of carbonyl (C=O) groups excluding carboxylic acids is 1. The summed E-state index contributed by atoms with van der Waals surface area (Å²) in [5, 5.41) is 0. The van der Waals surface area contributed by atoms with Crippen LogP contribution in [0, 0.1) is 11.7 Å². The van der Waals surface area contributed by atoms with Crippen molar-refractivity contribution in [1.82, 2.24) is 19.9 Å². The first kappa shape index (κ1) is 22.2. The van der Waals surface area contributed by atoms with E-state index < -0.39 is 23.7 Å². The van der Waals surface area contributed by atoms with Crippen molar-refractivity contribution < 1.29 is 27.1 Å². The molecule has 3 aromatic rings. The average molecular weight is 472 g/mol. The van der Waals surface area contributed by atoms with Crippen LogP contribution in [-0.2, 0) is 6.18 Å². The van der Waals surface area contributed by atoms with Gasteiger partial charge in [0.15, 0.2) is 0 Å². The predicted octanol–water partition coefficient (Wildman–Crippen LogP) is 4.77. The maximum atomic E-state index is 14.4. The van der Waals surface area contributed by atoms with Crippen LogP contribution in [0.4, 0.5) is 17.6 Å². The average Bonchev–Trinajstić information content (AvgIpc) is 2.84. The summed E-state index contributed by atoms with van der Waals surface area (Å²) in [6, 6.07) is 7.78. The van der Waals surface area contributed by atoms with Gasteiger partial charge in [-0.1, -0.05) is 0 Å². The molecule has 10 heteroatoms. The van der Waals surface area contributed by atoms with Crippen molar-refractivity contribution in [3.8, 4) is 17.1 Å². The third-order valence-corrected chi connectivity index (χ3v) is 6.34. The number of nitrogens with zero attached hydrogens (tertiary/aromatic N) is 4. The van der Waals surface area contributed by atoms with Gasteiger partial charge in [-0.15, -0.1) is 0 Å². The molecule has 2 aliphatic heterocycles. The zero-order valence-electron chi connectivity index (χ0n) is 17.9. The van der Waals surface area contributed by atoms with Gasteiger partial charge < -0.3 is 9.64 Å². The van der Waals surface area contributed by atoms with Gasteiger partial charge in [-0.05, 0) is 55.5 Å². The minimum Gasteiger partial charge on any atom is -0.472 e. The van der Waals surface area contributed by atoms with Crippen LogP contribution in [0.1, 0.15) is 35.3 Å². The molecule has 2 saturated heterocycles. The number of rotatable bonds is 4. The van der Waals surface area contributed by atoms with Crippen molar-refractivity contribution in [2.75, 3.05) is 6.54 Å². The third-order valence-electron chi connectivity index (χ3n) is 6.34. The topological polar surface area (TPSA) is 68.2 Å². The normalized spacial score (nSPS) is 22.0. The van der Waals surface area contributed by atoms with E-state index in [2.05, 4.69) is 15.0 Å². The van der Waals surface area contributed by atoms with Crippen LogP contribution < -0.4 is 4.74 Å². The first-order valence-electron chi connectivity index (χ1n) is 10.9. The molecule has 1 saturated carbocycles. The van der Waals surface area contributed by atoms with Crippen molar-refractivity contribution in [3.05, 3.63) is 72.1 Å². The van der Waals surface area contributed by atoms with Crippen LogP contribution in [0.2, 0.25) is 0 Å². The molecule has 0 N–H and O–H groups in total. The Balaban J connectivity index is 1.40. The highest BCUT2D eigenvalue weighted by Gasteiger charge is 2.45. The Bertz CT molecular complexity index is 1200. The number of hydrogen-bond donors (Lipinski definition) is 0. The number of amides is 1. The van der Waals surface area contributed by atoms with Crippen molar-refractivity contribution in [1.29, 1.82) is 0 Å². The van der Waals surface area contributed by atoms with Crippen molar-refractivity contribution >= 4 is 5.91 Å². The Morgan fingerprint density at radius 2 is 1.82 bits per heavy atom. The van der Waals surface area contributed by atoms with E-state index >= 15 is 0 Å². The molecule has 34 heavy (non-hydrogen) atoms. The van der Waals surface area contributed by atoms with Gasteiger partial charge in [0.05, 0.1) is 11.6 Å². The standard InChI is InChI=1S/C24H20F4N4O2/c25-17-4-2-10-29-21(17)16-3-1-9-30-22(16)23(33)32-13-14-5-7-18(32)19(11-14)34-20-8-6-15(12-31-20)24(26,27)28/h1-4,6,8-10,12,14,18-19H,5,7,11,13H2/t14-,18+,19-/m1/s1. The molecular formula is C24H20F4N4O2.